The third kappa shape index (κ3) is 2.40. The number of para-hydroxylation sites is 1. The topological polar surface area (TPSA) is 46.9 Å². The number of carbonyl (C=O) groups is 1. The zero-order valence-electron chi connectivity index (χ0n) is 12.2. The number of amides is 1. The Hall–Kier alpha value is -2.95. The maximum absolute atomic E-state index is 13.2. The molecule has 0 bridgehead atoms. The number of aromatic nitrogens is 2. The van der Waals surface area contributed by atoms with Crippen LogP contribution in [0.2, 0.25) is 0 Å². The number of fused-ring (bicyclic) bond motifs is 1. The highest BCUT2D eigenvalue weighted by Gasteiger charge is 2.30. The fourth-order valence-electron chi connectivity index (χ4n) is 2.98. The van der Waals surface area contributed by atoms with E-state index in [9.17, 15) is 9.18 Å². The van der Waals surface area contributed by atoms with Gasteiger partial charge in [0, 0.05) is 17.9 Å². The number of halogens is 1. The Morgan fingerprint density at radius 3 is 2.57 bits per heavy atom. The second-order valence-electron chi connectivity index (χ2n) is 5.55. The predicted octanol–water partition coefficient (Wildman–Crippen LogP) is 3.49. The van der Waals surface area contributed by atoms with Gasteiger partial charge in [0.2, 0.25) is 5.91 Å². The van der Waals surface area contributed by atoms with E-state index in [0.29, 0.717) is 12.2 Å². The van der Waals surface area contributed by atoms with E-state index in [0.717, 1.165) is 16.8 Å². The Bertz CT molecular complexity index is 856. The van der Waals surface area contributed by atoms with Gasteiger partial charge < -0.3 is 5.32 Å². The van der Waals surface area contributed by atoms with Crippen LogP contribution in [0.25, 0.3) is 5.69 Å². The number of anilines is 1. The minimum absolute atomic E-state index is 0.0653. The molecular weight excluding hydrogens is 293 g/mol. The van der Waals surface area contributed by atoms with Gasteiger partial charge >= 0.3 is 0 Å². The summed E-state index contributed by atoms with van der Waals surface area (Å²) >= 11 is 0. The molecule has 1 N–H and O–H groups in total. The predicted molar refractivity (Wildman–Crippen MR) is 85.1 cm³/mol. The molecule has 0 fully saturated rings. The summed E-state index contributed by atoms with van der Waals surface area (Å²) in [6.07, 6.45) is 2.11. The first kappa shape index (κ1) is 13.7. The normalized spacial score (nSPS) is 16.7. The molecule has 4 rings (SSSR count). The highest BCUT2D eigenvalue weighted by atomic mass is 19.1. The van der Waals surface area contributed by atoms with E-state index in [2.05, 4.69) is 10.4 Å². The van der Waals surface area contributed by atoms with Gasteiger partial charge in [-0.1, -0.05) is 30.3 Å². The molecule has 2 heterocycles. The summed E-state index contributed by atoms with van der Waals surface area (Å²) in [4.78, 5) is 12.1. The molecule has 1 amide bonds. The third-order valence-electron chi connectivity index (χ3n) is 4.09. The van der Waals surface area contributed by atoms with Gasteiger partial charge in [0.05, 0.1) is 11.9 Å². The molecule has 1 aliphatic heterocycles. The van der Waals surface area contributed by atoms with Crippen molar-refractivity contribution in [2.24, 2.45) is 0 Å². The van der Waals surface area contributed by atoms with Crippen LogP contribution in [-0.4, -0.2) is 15.7 Å². The van der Waals surface area contributed by atoms with Gasteiger partial charge in [-0.25, -0.2) is 9.07 Å². The molecule has 0 unspecified atom stereocenters. The summed E-state index contributed by atoms with van der Waals surface area (Å²) in [5, 5.41) is 7.33. The molecule has 5 heteroatoms. The maximum atomic E-state index is 13.2. The maximum Gasteiger partial charge on any atom is 0.226 e. The van der Waals surface area contributed by atoms with Crippen molar-refractivity contribution in [1.29, 1.82) is 0 Å². The average molecular weight is 307 g/mol. The van der Waals surface area contributed by atoms with Crippen LogP contribution >= 0.6 is 0 Å². The lowest BCUT2D eigenvalue weighted by Crippen LogP contribution is -2.24. The number of rotatable bonds is 2. The summed E-state index contributed by atoms with van der Waals surface area (Å²) < 4.78 is 14.9. The second kappa shape index (κ2) is 5.35. The van der Waals surface area contributed by atoms with Gasteiger partial charge in [-0.05, 0) is 29.8 Å². The molecule has 0 saturated carbocycles. The fraction of sp³-hybridized carbons (Fsp3) is 0.111. The summed E-state index contributed by atoms with van der Waals surface area (Å²) in [5.41, 5.74) is 2.74. The minimum Gasteiger partial charge on any atom is -0.310 e. The van der Waals surface area contributed by atoms with Crippen LogP contribution in [0.5, 0.6) is 0 Å². The van der Waals surface area contributed by atoms with Crippen molar-refractivity contribution in [3.8, 4) is 5.69 Å². The number of nitrogens with one attached hydrogen (secondary N) is 1. The van der Waals surface area contributed by atoms with E-state index in [1.165, 1.54) is 12.1 Å². The lowest BCUT2D eigenvalue weighted by molar-refractivity contribution is -0.116. The standard InChI is InChI=1S/C18H14FN3O/c19-13-8-6-12(7-9-13)15-10-17(23)21-18-16(15)11-20-22(18)14-4-2-1-3-5-14/h1-9,11,15H,10H2,(H,21,23)/t15-/m1/s1. The van der Waals surface area contributed by atoms with E-state index in [-0.39, 0.29) is 17.6 Å². The molecule has 0 saturated heterocycles. The molecule has 23 heavy (non-hydrogen) atoms. The van der Waals surface area contributed by atoms with Crippen molar-refractivity contribution in [2.75, 3.05) is 5.32 Å². The fourth-order valence-corrected chi connectivity index (χ4v) is 2.98. The van der Waals surface area contributed by atoms with E-state index in [1.54, 1.807) is 23.0 Å². The van der Waals surface area contributed by atoms with Crippen molar-refractivity contribution in [2.45, 2.75) is 12.3 Å². The van der Waals surface area contributed by atoms with Gasteiger partial charge in [0.15, 0.2) is 0 Å². The van der Waals surface area contributed by atoms with Gasteiger partial charge in [-0.3, -0.25) is 4.79 Å². The van der Waals surface area contributed by atoms with Crippen molar-refractivity contribution in [3.63, 3.8) is 0 Å². The minimum atomic E-state index is -0.283. The molecule has 0 spiro atoms. The van der Waals surface area contributed by atoms with Crippen LogP contribution in [0.3, 0.4) is 0 Å². The van der Waals surface area contributed by atoms with Gasteiger partial charge in [0.1, 0.15) is 11.6 Å². The zero-order valence-corrected chi connectivity index (χ0v) is 12.2. The molecule has 1 aromatic heterocycles. The Kier molecular flexibility index (Phi) is 3.19. The molecule has 1 atom stereocenters. The first-order valence-electron chi connectivity index (χ1n) is 7.41. The van der Waals surface area contributed by atoms with Crippen LogP contribution in [0, 0.1) is 5.82 Å². The molecule has 114 valence electrons. The molecule has 3 aromatic rings. The Balaban J connectivity index is 1.81. The molecule has 4 nitrogen and oxygen atoms in total. The molecular formula is C18H14FN3O. The lowest BCUT2D eigenvalue weighted by atomic mass is 9.87. The average Bonchev–Trinajstić information content (AvgIpc) is 2.99. The summed E-state index contributed by atoms with van der Waals surface area (Å²) in [7, 11) is 0. The number of hydrogen-bond donors (Lipinski definition) is 1. The quantitative estimate of drug-likeness (QED) is 0.788. The SMILES string of the molecule is O=C1C[C@H](c2ccc(F)cc2)c2cnn(-c3ccccc3)c2N1. The van der Waals surface area contributed by atoms with E-state index in [1.807, 2.05) is 30.3 Å². The third-order valence-corrected chi connectivity index (χ3v) is 4.09. The Morgan fingerprint density at radius 1 is 1.09 bits per heavy atom. The second-order valence-corrected chi connectivity index (χ2v) is 5.55. The molecule has 2 aromatic carbocycles. The smallest absolute Gasteiger partial charge is 0.226 e. The Labute approximate surface area is 132 Å². The Morgan fingerprint density at radius 2 is 1.83 bits per heavy atom. The van der Waals surface area contributed by atoms with Gasteiger partial charge in [-0.15, -0.1) is 0 Å². The lowest BCUT2D eigenvalue weighted by Gasteiger charge is -2.23. The highest BCUT2D eigenvalue weighted by Crippen LogP contribution is 2.37. The van der Waals surface area contributed by atoms with Crippen LogP contribution in [-0.2, 0) is 4.79 Å². The summed E-state index contributed by atoms with van der Waals surface area (Å²) in [6, 6.07) is 15.9. The van der Waals surface area contributed by atoms with Crippen LogP contribution in [0.15, 0.2) is 60.8 Å². The van der Waals surface area contributed by atoms with Crippen molar-refractivity contribution >= 4 is 11.7 Å². The summed E-state index contributed by atoms with van der Waals surface area (Å²) in [5.74, 6) is 0.220. The van der Waals surface area contributed by atoms with E-state index in [4.69, 9.17) is 0 Å². The van der Waals surface area contributed by atoms with Crippen molar-refractivity contribution in [3.05, 3.63) is 77.7 Å². The number of benzene rings is 2. The number of nitrogens with zero attached hydrogens (tertiary/aromatic N) is 2. The largest absolute Gasteiger partial charge is 0.310 e. The monoisotopic (exact) mass is 307 g/mol. The van der Waals surface area contributed by atoms with Crippen molar-refractivity contribution in [1.82, 2.24) is 9.78 Å². The summed E-state index contributed by atoms with van der Waals surface area (Å²) in [6.45, 7) is 0. The number of carbonyl (C=O) groups excluding carboxylic acids is 1. The van der Waals surface area contributed by atoms with Crippen LogP contribution < -0.4 is 5.32 Å². The first-order valence-corrected chi connectivity index (χ1v) is 7.41. The van der Waals surface area contributed by atoms with Gasteiger partial charge in [-0.2, -0.15) is 5.10 Å². The van der Waals surface area contributed by atoms with Gasteiger partial charge in [0.25, 0.3) is 0 Å². The van der Waals surface area contributed by atoms with E-state index < -0.39 is 0 Å². The first-order chi connectivity index (χ1) is 11.2. The zero-order chi connectivity index (χ0) is 15.8. The molecule has 0 aliphatic carbocycles. The van der Waals surface area contributed by atoms with E-state index >= 15 is 0 Å². The van der Waals surface area contributed by atoms with Crippen LogP contribution in [0.4, 0.5) is 10.2 Å². The molecule has 0 radical (unpaired) electrons. The number of hydrogen-bond acceptors (Lipinski definition) is 2. The highest BCUT2D eigenvalue weighted by molar-refractivity contribution is 5.94. The van der Waals surface area contributed by atoms with Crippen molar-refractivity contribution < 1.29 is 9.18 Å². The molecule has 1 aliphatic rings. The van der Waals surface area contributed by atoms with Crippen LogP contribution in [0.1, 0.15) is 23.5 Å².